The number of esters is 1. The number of carbonyl (C=O) groups excluding carboxylic acids is 2. The minimum atomic E-state index is -0.441. The Morgan fingerprint density at radius 3 is 2.93 bits per heavy atom. The molecule has 1 aliphatic rings. The van der Waals surface area contributed by atoms with Crippen molar-refractivity contribution in [3.8, 4) is 11.6 Å². The largest absolute Gasteiger partial charge is 0.461 e. The highest BCUT2D eigenvalue weighted by Crippen LogP contribution is 2.24. The van der Waals surface area contributed by atoms with Gasteiger partial charge < -0.3 is 14.1 Å². The second-order valence-corrected chi connectivity index (χ2v) is 7.35. The van der Waals surface area contributed by atoms with Crippen LogP contribution in [0.1, 0.15) is 33.1 Å². The molecule has 1 fully saturated rings. The fourth-order valence-corrected chi connectivity index (χ4v) is 3.93. The van der Waals surface area contributed by atoms with Gasteiger partial charge in [-0.3, -0.25) is 14.2 Å². The van der Waals surface area contributed by atoms with E-state index in [0.717, 1.165) is 25.8 Å². The summed E-state index contributed by atoms with van der Waals surface area (Å²) in [5.41, 5.74) is 0. The topological polar surface area (TPSA) is 90.5 Å². The highest BCUT2D eigenvalue weighted by atomic mass is 32.2. The van der Waals surface area contributed by atoms with Gasteiger partial charge in [0.1, 0.15) is 0 Å². The van der Waals surface area contributed by atoms with Crippen LogP contribution in [0.3, 0.4) is 0 Å². The Balaban J connectivity index is 1.50. The molecule has 0 N–H and O–H groups in total. The first-order valence-corrected chi connectivity index (χ1v) is 10.1. The first-order chi connectivity index (χ1) is 13.1. The molecule has 0 aromatic carbocycles. The molecule has 27 heavy (non-hydrogen) atoms. The maximum absolute atomic E-state index is 12.2. The van der Waals surface area contributed by atoms with Crippen molar-refractivity contribution in [2.24, 2.45) is 0 Å². The van der Waals surface area contributed by atoms with E-state index in [9.17, 15) is 9.59 Å². The maximum atomic E-state index is 12.2. The Labute approximate surface area is 162 Å². The zero-order valence-electron chi connectivity index (χ0n) is 15.6. The lowest BCUT2D eigenvalue weighted by Gasteiger charge is -2.33. The van der Waals surface area contributed by atoms with E-state index in [1.54, 1.807) is 17.2 Å². The normalized spacial score (nSPS) is 17.1. The number of piperidine rings is 1. The third kappa shape index (κ3) is 4.71. The average Bonchev–Trinajstić information content (AvgIpc) is 3.33. The Morgan fingerprint density at radius 2 is 2.22 bits per heavy atom. The van der Waals surface area contributed by atoms with Crippen molar-refractivity contribution >= 4 is 23.6 Å². The second-order valence-electron chi connectivity index (χ2n) is 6.41. The Hall–Kier alpha value is -2.29. The standard InChI is InChI=1S/C18H24N4O4S/c1-3-21-17(14-8-6-10-25-14)19-20-18(21)27-12-16(24)26-11-15(23)22-9-5-4-7-13(22)2/h6,8,10,13H,3-5,7,9,11-12H2,1-2H3/t13-/m0/s1. The molecule has 0 radical (unpaired) electrons. The number of aromatic nitrogens is 3. The zero-order chi connectivity index (χ0) is 19.2. The van der Waals surface area contributed by atoms with Crippen LogP contribution in [0.2, 0.25) is 0 Å². The number of furan rings is 1. The summed E-state index contributed by atoms with van der Waals surface area (Å²) in [6.45, 7) is 5.18. The summed E-state index contributed by atoms with van der Waals surface area (Å²) in [6.07, 6.45) is 4.72. The van der Waals surface area contributed by atoms with Gasteiger partial charge in [-0.1, -0.05) is 11.8 Å². The molecule has 8 nitrogen and oxygen atoms in total. The van der Waals surface area contributed by atoms with Crippen LogP contribution in [0.15, 0.2) is 28.0 Å². The first kappa shape index (κ1) is 19.5. The summed E-state index contributed by atoms with van der Waals surface area (Å²) < 4.78 is 12.4. The van der Waals surface area contributed by atoms with Crippen LogP contribution < -0.4 is 0 Å². The zero-order valence-corrected chi connectivity index (χ0v) is 16.4. The van der Waals surface area contributed by atoms with Gasteiger partial charge in [0.15, 0.2) is 23.3 Å². The molecule has 146 valence electrons. The lowest BCUT2D eigenvalue weighted by Crippen LogP contribution is -2.44. The minimum Gasteiger partial charge on any atom is -0.461 e. The molecule has 1 atom stereocenters. The number of carbonyl (C=O) groups is 2. The van der Waals surface area contributed by atoms with Gasteiger partial charge in [-0.25, -0.2) is 0 Å². The molecule has 3 heterocycles. The lowest BCUT2D eigenvalue weighted by atomic mass is 10.0. The summed E-state index contributed by atoms with van der Waals surface area (Å²) in [4.78, 5) is 26.1. The van der Waals surface area contributed by atoms with E-state index < -0.39 is 5.97 Å². The molecule has 3 rings (SSSR count). The van der Waals surface area contributed by atoms with E-state index in [1.165, 1.54) is 11.8 Å². The highest BCUT2D eigenvalue weighted by molar-refractivity contribution is 7.99. The monoisotopic (exact) mass is 392 g/mol. The van der Waals surface area contributed by atoms with E-state index in [-0.39, 0.29) is 24.3 Å². The van der Waals surface area contributed by atoms with Gasteiger partial charge in [-0.2, -0.15) is 0 Å². The number of thioether (sulfide) groups is 1. The second kappa shape index (κ2) is 9.07. The number of rotatable bonds is 7. The summed E-state index contributed by atoms with van der Waals surface area (Å²) in [5, 5.41) is 8.87. The molecular formula is C18H24N4O4S. The molecular weight excluding hydrogens is 368 g/mol. The third-order valence-corrected chi connectivity index (χ3v) is 5.51. The molecule has 1 amide bonds. The van der Waals surface area contributed by atoms with E-state index in [0.29, 0.717) is 23.3 Å². The number of amides is 1. The number of hydrogen-bond acceptors (Lipinski definition) is 7. The van der Waals surface area contributed by atoms with Crippen molar-refractivity contribution in [2.75, 3.05) is 18.9 Å². The molecule has 0 aliphatic carbocycles. The lowest BCUT2D eigenvalue weighted by molar-refractivity contribution is -0.151. The van der Waals surface area contributed by atoms with Crippen LogP contribution in [-0.2, 0) is 20.9 Å². The Kier molecular flexibility index (Phi) is 6.54. The summed E-state index contributed by atoms with van der Waals surface area (Å²) in [6, 6.07) is 3.81. The van der Waals surface area contributed by atoms with Crippen LogP contribution in [0.5, 0.6) is 0 Å². The van der Waals surface area contributed by atoms with E-state index in [4.69, 9.17) is 9.15 Å². The highest BCUT2D eigenvalue weighted by Gasteiger charge is 2.24. The van der Waals surface area contributed by atoms with Gasteiger partial charge in [-0.05, 0) is 45.2 Å². The summed E-state index contributed by atoms with van der Waals surface area (Å²) in [5.74, 6) is 0.743. The van der Waals surface area contributed by atoms with Gasteiger partial charge in [0.05, 0.1) is 12.0 Å². The van der Waals surface area contributed by atoms with Gasteiger partial charge in [0.2, 0.25) is 0 Å². The third-order valence-electron chi connectivity index (χ3n) is 4.57. The number of hydrogen-bond donors (Lipinski definition) is 0. The molecule has 0 spiro atoms. The first-order valence-electron chi connectivity index (χ1n) is 9.15. The van der Waals surface area contributed by atoms with Gasteiger partial charge in [-0.15, -0.1) is 10.2 Å². The predicted molar refractivity (Wildman–Crippen MR) is 100 cm³/mol. The number of nitrogens with zero attached hydrogens (tertiary/aromatic N) is 4. The molecule has 2 aromatic rings. The van der Waals surface area contributed by atoms with Gasteiger partial charge in [0.25, 0.3) is 5.91 Å². The maximum Gasteiger partial charge on any atom is 0.316 e. The van der Waals surface area contributed by atoms with Crippen LogP contribution in [0, 0.1) is 0 Å². The van der Waals surface area contributed by atoms with Crippen molar-refractivity contribution in [3.63, 3.8) is 0 Å². The van der Waals surface area contributed by atoms with Crippen LogP contribution in [0.25, 0.3) is 11.6 Å². The molecule has 0 saturated carbocycles. The van der Waals surface area contributed by atoms with Crippen LogP contribution in [0.4, 0.5) is 0 Å². The van der Waals surface area contributed by atoms with E-state index in [2.05, 4.69) is 10.2 Å². The molecule has 0 bridgehead atoms. The van der Waals surface area contributed by atoms with Gasteiger partial charge >= 0.3 is 5.97 Å². The average molecular weight is 392 g/mol. The van der Waals surface area contributed by atoms with Crippen LogP contribution >= 0.6 is 11.8 Å². The number of ether oxygens (including phenoxy) is 1. The van der Waals surface area contributed by atoms with Crippen molar-refractivity contribution in [3.05, 3.63) is 18.4 Å². The minimum absolute atomic E-state index is 0.0686. The molecule has 2 aromatic heterocycles. The predicted octanol–water partition coefficient (Wildman–Crippen LogP) is 2.59. The van der Waals surface area contributed by atoms with Crippen LogP contribution in [-0.4, -0.2) is 56.5 Å². The molecule has 9 heteroatoms. The van der Waals surface area contributed by atoms with E-state index in [1.807, 2.05) is 24.5 Å². The van der Waals surface area contributed by atoms with Crippen molar-refractivity contribution < 1.29 is 18.7 Å². The molecule has 0 unspecified atom stereocenters. The van der Waals surface area contributed by atoms with Crippen molar-refractivity contribution in [1.82, 2.24) is 19.7 Å². The summed E-state index contributed by atoms with van der Waals surface area (Å²) in [7, 11) is 0. The fraction of sp³-hybridized carbons (Fsp3) is 0.556. The Morgan fingerprint density at radius 1 is 1.37 bits per heavy atom. The van der Waals surface area contributed by atoms with Gasteiger partial charge in [0, 0.05) is 19.1 Å². The Bertz CT molecular complexity index is 774. The van der Waals surface area contributed by atoms with Crippen molar-refractivity contribution in [2.45, 2.75) is 50.9 Å². The number of likely N-dealkylation sites (tertiary alicyclic amines) is 1. The van der Waals surface area contributed by atoms with E-state index >= 15 is 0 Å². The summed E-state index contributed by atoms with van der Waals surface area (Å²) >= 11 is 1.23. The smallest absolute Gasteiger partial charge is 0.316 e. The quantitative estimate of drug-likeness (QED) is 0.528. The SMILES string of the molecule is CCn1c(SCC(=O)OCC(=O)N2CCCC[C@@H]2C)nnc1-c1ccco1. The molecule has 1 saturated heterocycles. The molecule has 1 aliphatic heterocycles. The van der Waals surface area contributed by atoms with Crippen molar-refractivity contribution in [1.29, 1.82) is 0 Å². The fourth-order valence-electron chi connectivity index (χ4n) is 3.13.